The van der Waals surface area contributed by atoms with Crippen molar-refractivity contribution in [3.05, 3.63) is 59.7 Å². The highest BCUT2D eigenvalue weighted by Crippen LogP contribution is 2.40. The number of aryl methyl sites for hydroxylation is 1. The standard InChI is InChI=1S/C20H19N3O2/c1-2-13-3-7-15(8-4-13)22-19(24)17-11-18(17)20(25)23-16-9-5-14(12-21)6-10-16/h3-10,17-18H,2,11H2,1H3,(H,22,24)(H,23,25). The molecule has 0 bridgehead atoms. The van der Waals surface area contributed by atoms with Gasteiger partial charge in [0.1, 0.15) is 0 Å². The van der Waals surface area contributed by atoms with Crippen LogP contribution in [0.2, 0.25) is 0 Å². The van der Waals surface area contributed by atoms with Gasteiger partial charge in [0.2, 0.25) is 11.8 Å². The van der Waals surface area contributed by atoms with E-state index in [-0.39, 0.29) is 23.7 Å². The molecule has 0 saturated heterocycles. The van der Waals surface area contributed by atoms with Gasteiger partial charge < -0.3 is 10.6 Å². The molecule has 0 aromatic heterocycles. The fraction of sp³-hybridized carbons (Fsp3) is 0.250. The highest BCUT2D eigenvalue weighted by molar-refractivity contribution is 6.03. The van der Waals surface area contributed by atoms with Crippen molar-refractivity contribution in [3.8, 4) is 6.07 Å². The van der Waals surface area contributed by atoms with Gasteiger partial charge in [-0.2, -0.15) is 5.26 Å². The number of rotatable bonds is 5. The van der Waals surface area contributed by atoms with Crippen LogP contribution in [0.15, 0.2) is 48.5 Å². The first kappa shape index (κ1) is 16.7. The van der Waals surface area contributed by atoms with Crippen LogP contribution in [-0.2, 0) is 16.0 Å². The van der Waals surface area contributed by atoms with Crippen molar-refractivity contribution >= 4 is 23.2 Å². The number of amides is 2. The Hall–Kier alpha value is -3.13. The Kier molecular flexibility index (Phi) is 4.80. The molecule has 25 heavy (non-hydrogen) atoms. The van der Waals surface area contributed by atoms with Crippen LogP contribution in [0.3, 0.4) is 0 Å². The number of nitrogens with zero attached hydrogens (tertiary/aromatic N) is 1. The Balaban J connectivity index is 1.52. The molecule has 2 aromatic rings. The third-order valence-corrected chi connectivity index (χ3v) is 4.38. The summed E-state index contributed by atoms with van der Waals surface area (Å²) in [5, 5.41) is 14.4. The second kappa shape index (κ2) is 7.18. The van der Waals surface area contributed by atoms with E-state index in [1.807, 2.05) is 30.3 Å². The van der Waals surface area contributed by atoms with E-state index in [4.69, 9.17) is 5.26 Å². The van der Waals surface area contributed by atoms with Crippen molar-refractivity contribution < 1.29 is 9.59 Å². The minimum Gasteiger partial charge on any atom is -0.326 e. The molecule has 0 aliphatic heterocycles. The molecular formula is C20H19N3O2. The predicted octanol–water partition coefficient (Wildman–Crippen LogP) is 3.33. The van der Waals surface area contributed by atoms with Crippen LogP contribution in [0.5, 0.6) is 0 Å². The summed E-state index contributed by atoms with van der Waals surface area (Å²) in [4.78, 5) is 24.5. The fourth-order valence-corrected chi connectivity index (χ4v) is 2.70. The Morgan fingerprint density at radius 1 is 0.960 bits per heavy atom. The number of benzene rings is 2. The number of nitriles is 1. The van der Waals surface area contributed by atoms with Gasteiger partial charge in [-0.1, -0.05) is 19.1 Å². The van der Waals surface area contributed by atoms with Crippen LogP contribution in [0, 0.1) is 23.2 Å². The molecule has 2 N–H and O–H groups in total. The zero-order chi connectivity index (χ0) is 17.8. The number of carbonyl (C=O) groups is 2. The Labute approximate surface area is 146 Å². The SMILES string of the molecule is CCc1ccc(NC(=O)C2CC2C(=O)Nc2ccc(C#N)cc2)cc1. The van der Waals surface area contributed by atoms with Crippen LogP contribution in [0.4, 0.5) is 11.4 Å². The molecule has 5 heteroatoms. The van der Waals surface area contributed by atoms with Gasteiger partial charge >= 0.3 is 0 Å². The molecule has 0 heterocycles. The van der Waals surface area contributed by atoms with Crippen molar-refractivity contribution in [2.45, 2.75) is 19.8 Å². The number of nitrogens with one attached hydrogen (secondary N) is 2. The van der Waals surface area contributed by atoms with Gasteiger partial charge in [-0.15, -0.1) is 0 Å². The van der Waals surface area contributed by atoms with Gasteiger partial charge in [0.25, 0.3) is 0 Å². The maximum atomic E-state index is 12.3. The van der Waals surface area contributed by atoms with E-state index in [1.165, 1.54) is 5.56 Å². The lowest BCUT2D eigenvalue weighted by atomic mass is 10.1. The summed E-state index contributed by atoms with van der Waals surface area (Å²) in [5.74, 6) is -0.870. The molecule has 2 unspecified atom stereocenters. The van der Waals surface area contributed by atoms with Gasteiger partial charge in [-0.3, -0.25) is 9.59 Å². The second-order valence-electron chi connectivity index (χ2n) is 6.17. The molecule has 2 aromatic carbocycles. The highest BCUT2D eigenvalue weighted by Gasteiger charge is 2.48. The maximum Gasteiger partial charge on any atom is 0.228 e. The molecule has 126 valence electrons. The predicted molar refractivity (Wildman–Crippen MR) is 95.8 cm³/mol. The second-order valence-corrected chi connectivity index (χ2v) is 6.17. The first-order valence-electron chi connectivity index (χ1n) is 8.31. The summed E-state index contributed by atoms with van der Waals surface area (Å²) in [6, 6.07) is 16.4. The topological polar surface area (TPSA) is 82.0 Å². The lowest BCUT2D eigenvalue weighted by Gasteiger charge is -2.07. The van der Waals surface area contributed by atoms with E-state index in [0.717, 1.165) is 12.1 Å². The largest absolute Gasteiger partial charge is 0.326 e. The number of carbonyl (C=O) groups excluding carboxylic acids is 2. The van der Waals surface area contributed by atoms with Crippen molar-refractivity contribution in [1.82, 2.24) is 0 Å². The summed E-state index contributed by atoms with van der Waals surface area (Å²) in [6.07, 6.45) is 1.51. The van der Waals surface area contributed by atoms with Gasteiger partial charge in [0.05, 0.1) is 23.5 Å². The number of hydrogen-bond donors (Lipinski definition) is 2. The Bertz CT molecular complexity index is 820. The monoisotopic (exact) mass is 333 g/mol. The summed E-state index contributed by atoms with van der Waals surface area (Å²) >= 11 is 0. The molecule has 1 aliphatic rings. The van der Waals surface area contributed by atoms with Gasteiger partial charge in [-0.05, 0) is 54.8 Å². The van der Waals surface area contributed by atoms with E-state index in [9.17, 15) is 9.59 Å². The van der Waals surface area contributed by atoms with Gasteiger partial charge in [0.15, 0.2) is 0 Å². The molecule has 2 amide bonds. The quantitative estimate of drug-likeness (QED) is 0.880. The molecule has 1 aliphatic carbocycles. The van der Waals surface area contributed by atoms with Crippen LogP contribution < -0.4 is 10.6 Å². The van der Waals surface area contributed by atoms with Crippen LogP contribution in [0.1, 0.15) is 24.5 Å². The van der Waals surface area contributed by atoms with E-state index in [2.05, 4.69) is 17.6 Å². The van der Waals surface area contributed by atoms with Crippen molar-refractivity contribution in [2.24, 2.45) is 11.8 Å². The van der Waals surface area contributed by atoms with Gasteiger partial charge in [-0.25, -0.2) is 0 Å². The van der Waals surface area contributed by atoms with Crippen molar-refractivity contribution in [3.63, 3.8) is 0 Å². The average molecular weight is 333 g/mol. The van der Waals surface area contributed by atoms with E-state index in [0.29, 0.717) is 17.7 Å². The zero-order valence-corrected chi connectivity index (χ0v) is 14.0. The van der Waals surface area contributed by atoms with E-state index < -0.39 is 0 Å². The summed E-state index contributed by atoms with van der Waals surface area (Å²) in [5.41, 5.74) is 3.13. The first-order chi connectivity index (χ1) is 12.1. The Morgan fingerprint density at radius 2 is 1.44 bits per heavy atom. The lowest BCUT2D eigenvalue weighted by molar-refractivity contribution is -0.122. The third-order valence-electron chi connectivity index (χ3n) is 4.38. The third kappa shape index (κ3) is 4.04. The summed E-state index contributed by atoms with van der Waals surface area (Å²) in [7, 11) is 0. The average Bonchev–Trinajstić information content (AvgIpc) is 3.44. The molecule has 2 atom stereocenters. The lowest BCUT2D eigenvalue weighted by Crippen LogP contribution is -2.20. The summed E-state index contributed by atoms with van der Waals surface area (Å²) < 4.78 is 0. The smallest absolute Gasteiger partial charge is 0.228 e. The molecule has 1 saturated carbocycles. The van der Waals surface area contributed by atoms with Crippen LogP contribution in [0.25, 0.3) is 0 Å². The fourth-order valence-electron chi connectivity index (χ4n) is 2.70. The van der Waals surface area contributed by atoms with Crippen LogP contribution in [-0.4, -0.2) is 11.8 Å². The molecular weight excluding hydrogens is 314 g/mol. The van der Waals surface area contributed by atoms with Crippen molar-refractivity contribution in [1.29, 1.82) is 5.26 Å². The van der Waals surface area contributed by atoms with Gasteiger partial charge in [0, 0.05) is 11.4 Å². The molecule has 5 nitrogen and oxygen atoms in total. The number of anilines is 2. The zero-order valence-electron chi connectivity index (χ0n) is 14.0. The minimum atomic E-state index is -0.300. The molecule has 0 spiro atoms. The molecule has 1 fully saturated rings. The molecule has 3 rings (SSSR count). The van der Waals surface area contributed by atoms with E-state index in [1.54, 1.807) is 24.3 Å². The number of hydrogen-bond acceptors (Lipinski definition) is 3. The molecule has 0 radical (unpaired) electrons. The van der Waals surface area contributed by atoms with Crippen molar-refractivity contribution in [2.75, 3.05) is 10.6 Å². The highest BCUT2D eigenvalue weighted by atomic mass is 16.2. The Morgan fingerprint density at radius 3 is 1.88 bits per heavy atom. The summed E-state index contributed by atoms with van der Waals surface area (Å²) in [6.45, 7) is 2.08. The van der Waals surface area contributed by atoms with E-state index >= 15 is 0 Å². The normalized spacial score (nSPS) is 18.1. The maximum absolute atomic E-state index is 12.3. The minimum absolute atomic E-state index is 0.121. The van der Waals surface area contributed by atoms with Crippen LogP contribution >= 0.6 is 0 Å². The first-order valence-corrected chi connectivity index (χ1v) is 8.31.